The first-order valence-corrected chi connectivity index (χ1v) is 8.10. The van der Waals surface area contributed by atoms with Gasteiger partial charge in [0, 0.05) is 28.1 Å². The highest BCUT2D eigenvalue weighted by Crippen LogP contribution is 2.29. The van der Waals surface area contributed by atoms with E-state index in [0.717, 1.165) is 0 Å². The summed E-state index contributed by atoms with van der Waals surface area (Å²) in [5, 5.41) is 15.7. The second kappa shape index (κ2) is 6.78. The Labute approximate surface area is 146 Å². The van der Waals surface area contributed by atoms with Gasteiger partial charge in [0.1, 0.15) is 5.82 Å². The zero-order chi connectivity index (χ0) is 18.0. The predicted octanol–water partition coefficient (Wildman–Crippen LogP) is 4.42. The number of carbonyl (C=O) groups is 1. The molecule has 25 heavy (non-hydrogen) atoms. The average Bonchev–Trinajstić information content (AvgIpc) is 3.04. The van der Waals surface area contributed by atoms with Gasteiger partial charge in [0.05, 0.1) is 10.6 Å². The number of amides is 1. The zero-order valence-electron chi connectivity index (χ0n) is 13.0. The lowest BCUT2D eigenvalue weighted by atomic mass is 10.1. The van der Waals surface area contributed by atoms with E-state index in [1.807, 2.05) is 0 Å². The first-order chi connectivity index (χ1) is 11.9. The Morgan fingerprint density at radius 1 is 1.24 bits per heavy atom. The third-order valence-corrected chi connectivity index (χ3v) is 4.29. The van der Waals surface area contributed by atoms with Gasteiger partial charge < -0.3 is 0 Å². The van der Waals surface area contributed by atoms with Gasteiger partial charge in [0.2, 0.25) is 0 Å². The van der Waals surface area contributed by atoms with Crippen LogP contribution in [0, 0.1) is 22.9 Å². The highest BCUT2D eigenvalue weighted by atomic mass is 32.1. The number of hydrogen-bond donors (Lipinski definition) is 1. The van der Waals surface area contributed by atoms with Gasteiger partial charge in [-0.1, -0.05) is 12.1 Å². The van der Waals surface area contributed by atoms with Crippen molar-refractivity contribution < 1.29 is 14.1 Å². The van der Waals surface area contributed by atoms with E-state index in [-0.39, 0.29) is 5.69 Å². The summed E-state index contributed by atoms with van der Waals surface area (Å²) >= 11 is 1.20. The van der Waals surface area contributed by atoms with E-state index in [1.54, 1.807) is 24.4 Å². The largest absolute Gasteiger partial charge is 0.298 e. The maximum atomic E-state index is 12.9. The third-order valence-electron chi connectivity index (χ3n) is 3.53. The number of aryl methyl sites for hydroxylation is 1. The minimum atomic E-state index is -0.442. The van der Waals surface area contributed by atoms with E-state index in [4.69, 9.17) is 0 Å². The lowest BCUT2D eigenvalue weighted by Crippen LogP contribution is -2.11. The smallest absolute Gasteiger partial charge is 0.272 e. The van der Waals surface area contributed by atoms with E-state index in [1.165, 1.54) is 41.7 Å². The van der Waals surface area contributed by atoms with Gasteiger partial charge in [0.25, 0.3) is 11.6 Å². The fraction of sp³-hybridized carbons (Fsp3) is 0.0588. The van der Waals surface area contributed by atoms with Crippen LogP contribution >= 0.6 is 11.3 Å². The molecule has 3 rings (SSSR count). The Balaban J connectivity index is 1.81. The molecule has 6 nitrogen and oxygen atoms in total. The van der Waals surface area contributed by atoms with Gasteiger partial charge in [-0.2, -0.15) is 0 Å². The number of nitrogens with zero attached hydrogens (tertiary/aromatic N) is 2. The van der Waals surface area contributed by atoms with Gasteiger partial charge in [-0.25, -0.2) is 9.37 Å². The molecule has 0 fully saturated rings. The standard InChI is InChI=1S/C17H12FN3O3S/c1-10-2-3-12(8-15(10)21(23)24)14-9-25-17(19-14)20-16(22)11-4-6-13(18)7-5-11/h2-9H,1H3,(H,19,20,22). The maximum Gasteiger partial charge on any atom is 0.272 e. The summed E-state index contributed by atoms with van der Waals surface area (Å²) in [6, 6.07) is 10.0. The summed E-state index contributed by atoms with van der Waals surface area (Å²) in [6.07, 6.45) is 0. The Hall–Kier alpha value is -3.13. The SMILES string of the molecule is Cc1ccc(-c2csc(NC(=O)c3ccc(F)cc3)n2)cc1[N+](=O)[O-]. The maximum absolute atomic E-state index is 12.9. The van der Waals surface area contributed by atoms with Crippen LogP contribution in [0.3, 0.4) is 0 Å². The van der Waals surface area contributed by atoms with Crippen molar-refractivity contribution in [1.82, 2.24) is 4.98 Å². The van der Waals surface area contributed by atoms with E-state index in [2.05, 4.69) is 10.3 Å². The number of rotatable bonds is 4. The number of nitrogens with one attached hydrogen (secondary N) is 1. The van der Waals surface area contributed by atoms with Crippen LogP contribution in [0.15, 0.2) is 47.8 Å². The molecule has 1 aromatic heterocycles. The van der Waals surface area contributed by atoms with Crippen LogP contribution in [-0.4, -0.2) is 15.8 Å². The number of hydrogen-bond acceptors (Lipinski definition) is 5. The van der Waals surface area contributed by atoms with Crippen LogP contribution in [0.1, 0.15) is 15.9 Å². The number of nitro groups is 1. The minimum absolute atomic E-state index is 0.0161. The van der Waals surface area contributed by atoms with Crippen molar-refractivity contribution in [3.8, 4) is 11.3 Å². The lowest BCUT2D eigenvalue weighted by Gasteiger charge is -2.02. The van der Waals surface area contributed by atoms with Gasteiger partial charge in [-0.3, -0.25) is 20.2 Å². The third kappa shape index (κ3) is 3.69. The monoisotopic (exact) mass is 357 g/mol. The molecule has 1 amide bonds. The molecule has 0 spiro atoms. The first kappa shape index (κ1) is 16.7. The van der Waals surface area contributed by atoms with E-state index >= 15 is 0 Å². The molecule has 8 heteroatoms. The Morgan fingerprint density at radius 2 is 1.96 bits per heavy atom. The van der Waals surface area contributed by atoms with Gasteiger partial charge in [-0.15, -0.1) is 11.3 Å². The van der Waals surface area contributed by atoms with Crippen molar-refractivity contribution in [2.24, 2.45) is 0 Å². The number of benzene rings is 2. The molecule has 0 saturated heterocycles. The van der Waals surface area contributed by atoms with Crippen LogP contribution in [0.5, 0.6) is 0 Å². The van der Waals surface area contributed by atoms with E-state index < -0.39 is 16.6 Å². The van der Waals surface area contributed by atoms with Gasteiger partial charge in [-0.05, 0) is 31.2 Å². The molecule has 0 unspecified atom stereocenters. The number of aromatic nitrogens is 1. The molecule has 0 aliphatic carbocycles. The lowest BCUT2D eigenvalue weighted by molar-refractivity contribution is -0.385. The molecular formula is C17H12FN3O3S. The van der Waals surface area contributed by atoms with Crippen LogP contribution < -0.4 is 5.32 Å². The normalized spacial score (nSPS) is 10.5. The summed E-state index contributed by atoms with van der Waals surface area (Å²) in [5.41, 5.74) is 2.01. The molecule has 1 heterocycles. The zero-order valence-corrected chi connectivity index (χ0v) is 13.8. The fourth-order valence-corrected chi connectivity index (χ4v) is 2.91. The van der Waals surface area contributed by atoms with Crippen molar-refractivity contribution in [2.75, 3.05) is 5.32 Å². The molecule has 1 N–H and O–H groups in total. The number of thiazole rings is 1. The van der Waals surface area contributed by atoms with Gasteiger partial charge in [0.15, 0.2) is 5.13 Å². The second-order valence-corrected chi connectivity index (χ2v) is 6.12. The number of halogens is 1. The van der Waals surface area contributed by atoms with E-state index in [9.17, 15) is 19.3 Å². The molecule has 0 atom stereocenters. The summed E-state index contributed by atoms with van der Waals surface area (Å²) in [7, 11) is 0. The Kier molecular flexibility index (Phi) is 4.53. The molecule has 0 saturated carbocycles. The Bertz CT molecular complexity index is 954. The van der Waals surface area contributed by atoms with Crippen molar-refractivity contribution in [3.63, 3.8) is 0 Å². The predicted molar refractivity (Wildman–Crippen MR) is 93.3 cm³/mol. The van der Waals surface area contributed by atoms with Crippen molar-refractivity contribution in [2.45, 2.75) is 6.92 Å². The van der Waals surface area contributed by atoms with Gasteiger partial charge >= 0.3 is 0 Å². The number of carbonyl (C=O) groups excluding carboxylic acids is 1. The van der Waals surface area contributed by atoms with Crippen LogP contribution in [0.4, 0.5) is 15.2 Å². The van der Waals surface area contributed by atoms with E-state index in [0.29, 0.717) is 27.5 Å². The molecule has 0 aliphatic rings. The summed E-state index contributed by atoms with van der Waals surface area (Å²) in [6.45, 7) is 1.66. The highest BCUT2D eigenvalue weighted by Gasteiger charge is 2.14. The molecule has 0 bridgehead atoms. The van der Waals surface area contributed by atoms with Crippen LogP contribution in [0.25, 0.3) is 11.3 Å². The van der Waals surface area contributed by atoms with Crippen LogP contribution in [0.2, 0.25) is 0 Å². The number of anilines is 1. The molecular weight excluding hydrogens is 345 g/mol. The molecule has 126 valence electrons. The molecule has 0 radical (unpaired) electrons. The molecule has 2 aromatic carbocycles. The summed E-state index contributed by atoms with van der Waals surface area (Å²) in [4.78, 5) is 27.0. The number of nitro benzene ring substituents is 1. The first-order valence-electron chi connectivity index (χ1n) is 7.22. The molecule has 3 aromatic rings. The summed E-state index contributed by atoms with van der Waals surface area (Å²) in [5.74, 6) is -0.829. The topological polar surface area (TPSA) is 85.1 Å². The molecule has 0 aliphatic heterocycles. The fourth-order valence-electron chi connectivity index (χ4n) is 2.20. The van der Waals surface area contributed by atoms with Crippen molar-refractivity contribution in [3.05, 3.63) is 74.9 Å². The van der Waals surface area contributed by atoms with Crippen molar-refractivity contribution in [1.29, 1.82) is 0 Å². The quantitative estimate of drug-likeness (QED) is 0.553. The summed E-state index contributed by atoms with van der Waals surface area (Å²) < 4.78 is 12.9. The Morgan fingerprint density at radius 3 is 2.64 bits per heavy atom. The van der Waals surface area contributed by atoms with Crippen molar-refractivity contribution >= 4 is 28.1 Å². The minimum Gasteiger partial charge on any atom is -0.298 e. The van der Waals surface area contributed by atoms with Crippen LogP contribution in [-0.2, 0) is 0 Å². The second-order valence-electron chi connectivity index (χ2n) is 5.26. The highest BCUT2D eigenvalue weighted by molar-refractivity contribution is 7.14. The average molecular weight is 357 g/mol.